The largest absolute Gasteiger partial charge is 0.326 e. The number of hydrogen-bond acceptors (Lipinski definition) is 3. The minimum absolute atomic E-state index is 0.0287. The number of nitrogens with two attached hydrogens (primary N) is 1. The third kappa shape index (κ3) is 2.65. The molecule has 1 aliphatic heterocycles. The zero-order valence-corrected chi connectivity index (χ0v) is 14.0. The van der Waals surface area contributed by atoms with Crippen molar-refractivity contribution in [2.75, 3.05) is 13.1 Å². The van der Waals surface area contributed by atoms with Crippen molar-refractivity contribution in [2.45, 2.75) is 30.7 Å². The Balaban J connectivity index is 1.97. The number of rotatable bonds is 3. The average molecular weight is 377 g/mol. The molecule has 0 amide bonds. The maximum absolute atomic E-state index is 14.4. The molecule has 0 aromatic heterocycles. The molecule has 3 rings (SSSR count). The van der Waals surface area contributed by atoms with Gasteiger partial charge in [-0.2, -0.15) is 4.31 Å². The van der Waals surface area contributed by atoms with Crippen molar-refractivity contribution >= 4 is 26.0 Å². The van der Waals surface area contributed by atoms with Crippen LogP contribution >= 0.6 is 15.9 Å². The van der Waals surface area contributed by atoms with E-state index >= 15 is 0 Å². The van der Waals surface area contributed by atoms with E-state index < -0.39 is 15.8 Å². The normalized spacial score (nSPS) is 26.2. The number of sulfonamides is 1. The topological polar surface area (TPSA) is 63.4 Å². The standard InChI is InChI=1S/C14H18BrFN2O2S/c15-12-4-11(6-17)14(16)13(5-12)21(19,20)18-7-9-2-1-3-10(9)8-18/h4-5,9-10H,1-3,6-8,17H2. The van der Waals surface area contributed by atoms with Gasteiger partial charge in [-0.05, 0) is 36.8 Å². The van der Waals surface area contributed by atoms with Gasteiger partial charge in [-0.1, -0.05) is 22.4 Å². The number of nitrogens with zero attached hydrogens (tertiary/aromatic N) is 1. The first-order valence-corrected chi connectivity index (χ1v) is 9.35. The molecule has 0 spiro atoms. The zero-order valence-electron chi connectivity index (χ0n) is 11.6. The SMILES string of the molecule is NCc1cc(Br)cc(S(=O)(=O)N2CC3CCCC3C2)c1F. The number of halogens is 2. The first kappa shape index (κ1) is 15.4. The quantitative estimate of drug-likeness (QED) is 0.880. The molecule has 1 saturated heterocycles. The second kappa shape index (κ2) is 5.61. The monoisotopic (exact) mass is 376 g/mol. The fraction of sp³-hybridized carbons (Fsp3) is 0.571. The van der Waals surface area contributed by atoms with Gasteiger partial charge in [-0.3, -0.25) is 0 Å². The molecule has 2 unspecified atom stereocenters. The Labute approximate surface area is 132 Å². The van der Waals surface area contributed by atoms with Crippen molar-refractivity contribution in [1.82, 2.24) is 4.31 Å². The van der Waals surface area contributed by atoms with Gasteiger partial charge in [0.2, 0.25) is 10.0 Å². The molecule has 1 saturated carbocycles. The van der Waals surface area contributed by atoms with E-state index in [1.165, 1.54) is 22.9 Å². The summed E-state index contributed by atoms with van der Waals surface area (Å²) in [5.74, 6) is 0.144. The Bertz CT molecular complexity index is 653. The highest BCUT2D eigenvalue weighted by Crippen LogP contribution is 2.40. The summed E-state index contributed by atoms with van der Waals surface area (Å²) in [5, 5.41) is 0. The Hall–Kier alpha value is -0.500. The van der Waals surface area contributed by atoms with Gasteiger partial charge in [0.25, 0.3) is 0 Å². The van der Waals surface area contributed by atoms with Crippen LogP contribution in [0.15, 0.2) is 21.5 Å². The van der Waals surface area contributed by atoms with Crippen LogP contribution in [-0.4, -0.2) is 25.8 Å². The minimum Gasteiger partial charge on any atom is -0.326 e. The molecule has 21 heavy (non-hydrogen) atoms. The Kier molecular flexibility index (Phi) is 4.11. The summed E-state index contributed by atoms with van der Waals surface area (Å²) >= 11 is 3.23. The van der Waals surface area contributed by atoms with Crippen molar-refractivity contribution in [3.8, 4) is 0 Å². The Morgan fingerprint density at radius 1 is 1.29 bits per heavy atom. The number of benzene rings is 1. The number of fused-ring (bicyclic) bond motifs is 1. The zero-order chi connectivity index (χ0) is 15.2. The molecule has 7 heteroatoms. The predicted octanol–water partition coefficient (Wildman–Crippen LogP) is 2.47. The first-order valence-electron chi connectivity index (χ1n) is 7.11. The Morgan fingerprint density at radius 3 is 2.48 bits per heavy atom. The molecular weight excluding hydrogens is 359 g/mol. The summed E-state index contributed by atoms with van der Waals surface area (Å²) < 4.78 is 41.8. The highest BCUT2D eigenvalue weighted by atomic mass is 79.9. The van der Waals surface area contributed by atoms with Gasteiger partial charge in [0.1, 0.15) is 10.7 Å². The molecule has 1 aromatic carbocycles. The molecule has 4 nitrogen and oxygen atoms in total. The van der Waals surface area contributed by atoms with E-state index in [4.69, 9.17) is 5.73 Å². The van der Waals surface area contributed by atoms with Crippen LogP contribution in [0.3, 0.4) is 0 Å². The maximum Gasteiger partial charge on any atom is 0.246 e. The van der Waals surface area contributed by atoms with Gasteiger partial charge in [0, 0.05) is 29.7 Å². The third-order valence-corrected chi connectivity index (χ3v) is 6.90. The van der Waals surface area contributed by atoms with Crippen LogP contribution in [0, 0.1) is 17.7 Å². The van der Waals surface area contributed by atoms with Crippen LogP contribution in [-0.2, 0) is 16.6 Å². The Morgan fingerprint density at radius 2 is 1.90 bits per heavy atom. The molecule has 1 heterocycles. The lowest BCUT2D eigenvalue weighted by Crippen LogP contribution is -2.30. The van der Waals surface area contributed by atoms with Crippen LogP contribution in [0.1, 0.15) is 24.8 Å². The van der Waals surface area contributed by atoms with Crippen molar-refractivity contribution in [3.63, 3.8) is 0 Å². The summed E-state index contributed by atoms with van der Waals surface area (Å²) in [6, 6.07) is 2.85. The van der Waals surface area contributed by atoms with E-state index in [1.807, 2.05) is 0 Å². The van der Waals surface area contributed by atoms with Gasteiger partial charge in [0.15, 0.2) is 0 Å². The van der Waals surface area contributed by atoms with E-state index in [2.05, 4.69) is 15.9 Å². The first-order chi connectivity index (χ1) is 9.93. The lowest BCUT2D eigenvalue weighted by Gasteiger charge is -2.19. The van der Waals surface area contributed by atoms with Gasteiger partial charge in [-0.15, -0.1) is 0 Å². The highest BCUT2D eigenvalue weighted by Gasteiger charge is 2.42. The number of hydrogen-bond donors (Lipinski definition) is 1. The molecule has 2 fully saturated rings. The summed E-state index contributed by atoms with van der Waals surface area (Å²) in [6.07, 6.45) is 3.32. The van der Waals surface area contributed by atoms with Crippen LogP contribution in [0.25, 0.3) is 0 Å². The summed E-state index contributed by atoms with van der Waals surface area (Å²) in [5.41, 5.74) is 5.70. The molecule has 0 bridgehead atoms. The predicted molar refractivity (Wildman–Crippen MR) is 81.6 cm³/mol. The van der Waals surface area contributed by atoms with Gasteiger partial charge >= 0.3 is 0 Å². The fourth-order valence-electron chi connectivity index (χ4n) is 3.48. The average Bonchev–Trinajstić information content (AvgIpc) is 3.01. The minimum atomic E-state index is -3.79. The van der Waals surface area contributed by atoms with Crippen LogP contribution in [0.2, 0.25) is 0 Å². The molecule has 2 N–H and O–H groups in total. The molecule has 1 aromatic rings. The van der Waals surface area contributed by atoms with Crippen molar-refractivity contribution in [2.24, 2.45) is 17.6 Å². The fourth-order valence-corrected chi connectivity index (χ4v) is 5.83. The van der Waals surface area contributed by atoms with Crippen molar-refractivity contribution in [3.05, 3.63) is 28.0 Å². The second-order valence-electron chi connectivity index (χ2n) is 5.85. The molecule has 1 aliphatic carbocycles. The summed E-state index contributed by atoms with van der Waals surface area (Å²) in [4.78, 5) is -0.266. The lowest BCUT2D eigenvalue weighted by atomic mass is 10.0. The molecule has 2 atom stereocenters. The van der Waals surface area contributed by atoms with Crippen LogP contribution < -0.4 is 5.73 Å². The van der Waals surface area contributed by atoms with Crippen molar-refractivity contribution in [1.29, 1.82) is 0 Å². The molecule has 0 radical (unpaired) electrons. The summed E-state index contributed by atoms with van der Waals surface area (Å²) in [6.45, 7) is 0.993. The van der Waals surface area contributed by atoms with E-state index in [1.54, 1.807) is 0 Å². The summed E-state index contributed by atoms with van der Waals surface area (Å²) in [7, 11) is -3.79. The smallest absolute Gasteiger partial charge is 0.246 e. The van der Waals surface area contributed by atoms with E-state index in [0.29, 0.717) is 29.4 Å². The highest BCUT2D eigenvalue weighted by molar-refractivity contribution is 9.10. The second-order valence-corrected chi connectivity index (χ2v) is 8.68. The molecular formula is C14H18BrFN2O2S. The van der Waals surface area contributed by atoms with Gasteiger partial charge < -0.3 is 5.73 Å². The third-order valence-electron chi connectivity index (χ3n) is 4.61. The van der Waals surface area contributed by atoms with Gasteiger partial charge in [0.05, 0.1) is 0 Å². The van der Waals surface area contributed by atoms with E-state index in [-0.39, 0.29) is 17.0 Å². The van der Waals surface area contributed by atoms with Crippen LogP contribution in [0.4, 0.5) is 4.39 Å². The van der Waals surface area contributed by atoms with Gasteiger partial charge in [-0.25, -0.2) is 12.8 Å². The van der Waals surface area contributed by atoms with Crippen LogP contribution in [0.5, 0.6) is 0 Å². The van der Waals surface area contributed by atoms with E-state index in [0.717, 1.165) is 12.8 Å². The van der Waals surface area contributed by atoms with E-state index in [9.17, 15) is 12.8 Å². The molecule has 2 aliphatic rings. The lowest BCUT2D eigenvalue weighted by molar-refractivity contribution is 0.439. The maximum atomic E-state index is 14.4. The molecule has 116 valence electrons. The van der Waals surface area contributed by atoms with Crippen molar-refractivity contribution < 1.29 is 12.8 Å².